The van der Waals surface area contributed by atoms with Gasteiger partial charge in [-0.3, -0.25) is 4.98 Å². The first-order valence-corrected chi connectivity index (χ1v) is 12.2. The molecule has 0 saturated heterocycles. The van der Waals surface area contributed by atoms with Crippen molar-refractivity contribution in [2.45, 2.75) is 49.9 Å². The molecule has 1 unspecified atom stereocenters. The fourth-order valence-corrected chi connectivity index (χ4v) is 4.81. The van der Waals surface area contributed by atoms with E-state index in [1.54, 1.807) is 30.5 Å². The quantitative estimate of drug-likeness (QED) is 0.379. The summed E-state index contributed by atoms with van der Waals surface area (Å²) in [5.41, 5.74) is -0.972. The van der Waals surface area contributed by atoms with Crippen molar-refractivity contribution in [3.8, 4) is 0 Å². The van der Waals surface area contributed by atoms with Crippen LogP contribution in [0, 0.1) is 5.82 Å². The van der Waals surface area contributed by atoms with E-state index >= 15 is 0 Å². The molecule has 5 nitrogen and oxygen atoms in total. The predicted octanol–water partition coefficient (Wildman–Crippen LogP) is 6.03. The van der Waals surface area contributed by atoms with Crippen LogP contribution in [0.3, 0.4) is 0 Å². The Balaban J connectivity index is 1.90. The summed E-state index contributed by atoms with van der Waals surface area (Å²) in [6, 6.07) is 14.3. The van der Waals surface area contributed by atoms with Crippen molar-refractivity contribution < 1.29 is 22.4 Å². The molecule has 0 bridgehead atoms. The number of pyridine rings is 1. The molecular formula is C28H30F4N4O. The molecule has 1 aliphatic carbocycles. The first-order valence-electron chi connectivity index (χ1n) is 12.2. The zero-order chi connectivity index (χ0) is 26.6. The predicted molar refractivity (Wildman–Crippen MR) is 135 cm³/mol. The van der Waals surface area contributed by atoms with Gasteiger partial charge in [-0.1, -0.05) is 43.2 Å². The number of carbonyl (C=O) groups excluding carboxylic acids is 1. The Morgan fingerprint density at radius 2 is 1.68 bits per heavy atom. The monoisotopic (exact) mass is 514 g/mol. The van der Waals surface area contributed by atoms with Gasteiger partial charge >= 0.3 is 12.2 Å². The number of hydrogen-bond acceptors (Lipinski definition) is 3. The third-order valence-corrected chi connectivity index (χ3v) is 6.75. The van der Waals surface area contributed by atoms with Crippen LogP contribution in [0.4, 0.5) is 28.0 Å². The number of anilines is 1. The van der Waals surface area contributed by atoms with Crippen LogP contribution in [0.1, 0.15) is 48.1 Å². The zero-order valence-electron chi connectivity index (χ0n) is 20.8. The molecule has 0 spiro atoms. The third-order valence-electron chi connectivity index (χ3n) is 6.75. The van der Waals surface area contributed by atoms with Gasteiger partial charge in [0.2, 0.25) is 0 Å². The van der Waals surface area contributed by atoms with Gasteiger partial charge in [0, 0.05) is 26.6 Å². The smallest absolute Gasteiger partial charge is 0.376 e. The van der Waals surface area contributed by atoms with Crippen molar-refractivity contribution >= 4 is 11.7 Å². The number of halogens is 4. The minimum Gasteiger partial charge on any atom is -0.376 e. The summed E-state index contributed by atoms with van der Waals surface area (Å²) < 4.78 is 56.0. The number of nitrogens with zero attached hydrogens (tertiary/aromatic N) is 2. The van der Waals surface area contributed by atoms with E-state index in [9.17, 15) is 22.4 Å². The van der Waals surface area contributed by atoms with Gasteiger partial charge in [-0.05, 0) is 54.3 Å². The molecule has 2 amide bonds. The Kier molecular flexibility index (Phi) is 7.71. The SMILES string of the molecule is CN(C)c1ccc(C(Cc2ccccc2)(NC(=O)NC2CCCC2)c2cc(F)cc(C(F)(F)F)c2)nc1. The summed E-state index contributed by atoms with van der Waals surface area (Å²) in [6.45, 7) is 0. The van der Waals surface area contributed by atoms with Crippen molar-refractivity contribution in [1.29, 1.82) is 0 Å². The highest BCUT2D eigenvalue weighted by Crippen LogP contribution is 2.38. The minimum atomic E-state index is -4.77. The molecule has 9 heteroatoms. The average molecular weight is 515 g/mol. The van der Waals surface area contributed by atoms with Crippen LogP contribution < -0.4 is 15.5 Å². The van der Waals surface area contributed by atoms with Gasteiger partial charge in [0.25, 0.3) is 0 Å². The lowest BCUT2D eigenvalue weighted by Crippen LogP contribution is -2.54. The topological polar surface area (TPSA) is 57.3 Å². The molecule has 2 N–H and O–H groups in total. The average Bonchev–Trinajstić information content (AvgIpc) is 3.36. The van der Waals surface area contributed by atoms with Gasteiger partial charge < -0.3 is 15.5 Å². The van der Waals surface area contributed by atoms with Crippen LogP contribution in [0.2, 0.25) is 0 Å². The van der Waals surface area contributed by atoms with E-state index in [1.165, 1.54) is 0 Å². The summed E-state index contributed by atoms with van der Waals surface area (Å²) in [5, 5.41) is 5.88. The van der Waals surface area contributed by atoms with Gasteiger partial charge in [0.15, 0.2) is 0 Å². The summed E-state index contributed by atoms with van der Waals surface area (Å²) in [6.07, 6.45) is 0.499. The second-order valence-corrected chi connectivity index (χ2v) is 9.67. The number of benzene rings is 2. The molecule has 1 aromatic heterocycles. The number of alkyl halides is 3. The highest BCUT2D eigenvalue weighted by Gasteiger charge is 2.41. The second-order valence-electron chi connectivity index (χ2n) is 9.67. The molecule has 0 aliphatic heterocycles. The van der Waals surface area contributed by atoms with Gasteiger partial charge in [0.1, 0.15) is 11.4 Å². The maximum Gasteiger partial charge on any atom is 0.416 e. The highest BCUT2D eigenvalue weighted by atomic mass is 19.4. The summed E-state index contributed by atoms with van der Waals surface area (Å²) in [7, 11) is 3.67. The Morgan fingerprint density at radius 3 is 2.27 bits per heavy atom. The van der Waals surface area contributed by atoms with E-state index in [2.05, 4.69) is 15.6 Å². The molecule has 1 fully saturated rings. The Morgan fingerprint density at radius 1 is 1.00 bits per heavy atom. The van der Waals surface area contributed by atoms with E-state index in [1.807, 2.05) is 37.2 Å². The Labute approximate surface area is 213 Å². The number of aromatic nitrogens is 1. The highest BCUT2D eigenvalue weighted by molar-refractivity contribution is 5.76. The molecule has 1 heterocycles. The molecular weight excluding hydrogens is 484 g/mol. The molecule has 4 rings (SSSR count). The third kappa shape index (κ3) is 6.21. The first kappa shape index (κ1) is 26.4. The van der Waals surface area contributed by atoms with E-state index in [0.29, 0.717) is 11.8 Å². The number of urea groups is 1. The fraction of sp³-hybridized carbons (Fsp3) is 0.357. The normalized spacial score (nSPS) is 15.7. The molecule has 37 heavy (non-hydrogen) atoms. The van der Waals surface area contributed by atoms with E-state index < -0.39 is 29.1 Å². The maximum absolute atomic E-state index is 14.7. The summed E-state index contributed by atoms with van der Waals surface area (Å²) in [4.78, 5) is 19.7. The summed E-state index contributed by atoms with van der Waals surface area (Å²) in [5.74, 6) is -1.05. The number of rotatable bonds is 7. The zero-order valence-corrected chi connectivity index (χ0v) is 20.8. The minimum absolute atomic E-state index is 0.0308. The number of hydrogen-bond donors (Lipinski definition) is 2. The van der Waals surface area contributed by atoms with Crippen LogP contribution >= 0.6 is 0 Å². The molecule has 1 atom stereocenters. The maximum atomic E-state index is 14.7. The van der Waals surface area contributed by atoms with Crippen molar-refractivity contribution in [2.75, 3.05) is 19.0 Å². The van der Waals surface area contributed by atoms with E-state index in [-0.39, 0.29) is 18.0 Å². The van der Waals surface area contributed by atoms with Gasteiger partial charge in [-0.25, -0.2) is 9.18 Å². The molecule has 3 aromatic rings. The van der Waals surface area contributed by atoms with Gasteiger partial charge in [-0.15, -0.1) is 0 Å². The van der Waals surface area contributed by atoms with Crippen LogP contribution in [-0.2, 0) is 18.1 Å². The van der Waals surface area contributed by atoms with Crippen LogP contribution in [0.15, 0.2) is 66.9 Å². The second kappa shape index (κ2) is 10.8. The molecule has 1 aliphatic rings. The largest absolute Gasteiger partial charge is 0.416 e. The number of amides is 2. The Bertz CT molecular complexity index is 1210. The molecule has 1 saturated carbocycles. The van der Waals surface area contributed by atoms with Crippen LogP contribution in [0.5, 0.6) is 0 Å². The Hall–Kier alpha value is -3.62. The van der Waals surface area contributed by atoms with Crippen LogP contribution in [0.25, 0.3) is 0 Å². The van der Waals surface area contributed by atoms with Gasteiger partial charge in [-0.2, -0.15) is 13.2 Å². The molecule has 196 valence electrons. The standard InChI is InChI=1S/C28H30F4N4O/c1-36(2)24-12-13-25(33-18-24)27(17-19-8-4-3-5-9-19,35-26(37)34-23-10-6-7-11-23)20-14-21(28(30,31)32)16-22(29)15-20/h3-5,8-9,12-16,18,23H,6-7,10-11,17H2,1-2H3,(H2,34,35,37). The first-order chi connectivity index (χ1) is 17.6. The number of nitrogens with one attached hydrogen (secondary N) is 2. The molecule has 0 radical (unpaired) electrons. The lowest BCUT2D eigenvalue weighted by atomic mass is 9.79. The summed E-state index contributed by atoms with van der Waals surface area (Å²) >= 11 is 0. The lowest BCUT2D eigenvalue weighted by molar-refractivity contribution is -0.137. The number of carbonyl (C=O) groups is 1. The molecule has 2 aromatic carbocycles. The van der Waals surface area contributed by atoms with Crippen molar-refractivity contribution in [3.05, 3.63) is 95.1 Å². The van der Waals surface area contributed by atoms with E-state index in [4.69, 9.17) is 0 Å². The fourth-order valence-electron chi connectivity index (χ4n) is 4.81. The van der Waals surface area contributed by atoms with Crippen LogP contribution in [-0.4, -0.2) is 31.2 Å². The van der Waals surface area contributed by atoms with E-state index in [0.717, 1.165) is 49.1 Å². The van der Waals surface area contributed by atoms with Crippen molar-refractivity contribution in [2.24, 2.45) is 0 Å². The lowest BCUT2D eigenvalue weighted by Gasteiger charge is -2.36. The van der Waals surface area contributed by atoms with Gasteiger partial charge in [0.05, 0.1) is 23.1 Å². The van der Waals surface area contributed by atoms with Crippen molar-refractivity contribution in [1.82, 2.24) is 15.6 Å². The van der Waals surface area contributed by atoms with Crippen molar-refractivity contribution in [3.63, 3.8) is 0 Å².